The van der Waals surface area contributed by atoms with Gasteiger partial charge in [-0.3, -0.25) is 5.10 Å². The molecule has 0 saturated heterocycles. The molecule has 0 saturated carbocycles. The molecule has 1 aromatic rings. The molecular formula is C12H23N3O. The van der Waals surface area contributed by atoms with E-state index < -0.39 is 0 Å². The highest BCUT2D eigenvalue weighted by molar-refractivity contribution is 5.02. The van der Waals surface area contributed by atoms with Crippen LogP contribution in [0.25, 0.3) is 0 Å². The first kappa shape index (κ1) is 13.2. The Labute approximate surface area is 97.8 Å². The first-order valence-electron chi connectivity index (χ1n) is 6.00. The molecule has 0 aliphatic heterocycles. The Balaban J connectivity index is 1.99. The maximum Gasteiger partial charge on any atom is 0.0518 e. The molecule has 2 N–H and O–H groups in total. The summed E-state index contributed by atoms with van der Waals surface area (Å²) < 4.78 is 5.51. The number of H-pyrrole nitrogens is 1. The Bertz CT molecular complexity index is 259. The van der Waals surface area contributed by atoms with Crippen LogP contribution in [0.4, 0.5) is 0 Å². The SMILES string of the molecule is CC(C)COCCCNC(C)c1ccn[nH]1. The van der Waals surface area contributed by atoms with Crippen LogP contribution in [0.5, 0.6) is 0 Å². The van der Waals surface area contributed by atoms with E-state index in [1.165, 1.54) is 0 Å². The van der Waals surface area contributed by atoms with E-state index >= 15 is 0 Å². The minimum Gasteiger partial charge on any atom is -0.381 e. The summed E-state index contributed by atoms with van der Waals surface area (Å²) in [5.74, 6) is 0.622. The maximum atomic E-state index is 5.51. The molecule has 1 rings (SSSR count). The average molecular weight is 225 g/mol. The summed E-state index contributed by atoms with van der Waals surface area (Å²) in [5, 5.41) is 10.3. The van der Waals surface area contributed by atoms with Crippen LogP contribution < -0.4 is 5.32 Å². The van der Waals surface area contributed by atoms with E-state index in [0.717, 1.165) is 31.9 Å². The minimum absolute atomic E-state index is 0.326. The minimum atomic E-state index is 0.326. The predicted octanol–water partition coefficient (Wildman–Crippen LogP) is 2.12. The summed E-state index contributed by atoms with van der Waals surface area (Å²) in [6.45, 7) is 9.12. The van der Waals surface area contributed by atoms with E-state index in [1.807, 2.05) is 6.07 Å². The summed E-state index contributed by atoms with van der Waals surface area (Å²) in [6, 6.07) is 2.32. The maximum absolute atomic E-state index is 5.51. The van der Waals surface area contributed by atoms with E-state index in [2.05, 4.69) is 36.3 Å². The van der Waals surface area contributed by atoms with Gasteiger partial charge >= 0.3 is 0 Å². The van der Waals surface area contributed by atoms with Gasteiger partial charge in [-0.05, 0) is 31.9 Å². The van der Waals surface area contributed by atoms with Crippen molar-refractivity contribution in [3.05, 3.63) is 18.0 Å². The summed E-state index contributed by atoms with van der Waals surface area (Å²) in [6.07, 6.45) is 2.82. The molecule has 0 bridgehead atoms. The van der Waals surface area contributed by atoms with Gasteiger partial charge in [-0.1, -0.05) is 13.8 Å². The second-order valence-electron chi connectivity index (χ2n) is 4.51. The Kier molecular flexibility index (Phi) is 6.11. The van der Waals surface area contributed by atoms with Crippen LogP contribution in [-0.2, 0) is 4.74 Å². The molecule has 1 atom stereocenters. The molecular weight excluding hydrogens is 202 g/mol. The van der Waals surface area contributed by atoms with Gasteiger partial charge in [0, 0.05) is 25.5 Å². The van der Waals surface area contributed by atoms with Crippen molar-refractivity contribution in [3.63, 3.8) is 0 Å². The quantitative estimate of drug-likeness (QED) is 0.666. The van der Waals surface area contributed by atoms with Gasteiger partial charge in [-0.2, -0.15) is 5.10 Å². The fourth-order valence-corrected chi connectivity index (χ4v) is 1.43. The van der Waals surface area contributed by atoms with Gasteiger partial charge in [0.05, 0.1) is 5.69 Å². The van der Waals surface area contributed by atoms with Crippen LogP contribution in [0, 0.1) is 5.92 Å². The number of hydrogen-bond acceptors (Lipinski definition) is 3. The molecule has 0 aliphatic carbocycles. The van der Waals surface area contributed by atoms with Crippen LogP contribution in [0.2, 0.25) is 0 Å². The van der Waals surface area contributed by atoms with Gasteiger partial charge in [0.2, 0.25) is 0 Å². The zero-order valence-corrected chi connectivity index (χ0v) is 10.5. The lowest BCUT2D eigenvalue weighted by Crippen LogP contribution is -2.21. The molecule has 0 amide bonds. The molecule has 0 aromatic carbocycles. The zero-order valence-electron chi connectivity index (χ0n) is 10.5. The number of ether oxygens (including phenoxy) is 1. The molecule has 1 heterocycles. The largest absolute Gasteiger partial charge is 0.381 e. The van der Waals surface area contributed by atoms with Crippen molar-refractivity contribution < 1.29 is 4.74 Å². The lowest BCUT2D eigenvalue weighted by atomic mass is 10.2. The Hall–Kier alpha value is -0.870. The van der Waals surface area contributed by atoms with Gasteiger partial charge in [-0.15, -0.1) is 0 Å². The van der Waals surface area contributed by atoms with Crippen molar-refractivity contribution in [2.75, 3.05) is 19.8 Å². The first-order valence-corrected chi connectivity index (χ1v) is 6.00. The second kappa shape index (κ2) is 7.41. The second-order valence-corrected chi connectivity index (χ2v) is 4.51. The number of aromatic nitrogens is 2. The summed E-state index contributed by atoms with van der Waals surface area (Å²) >= 11 is 0. The van der Waals surface area contributed by atoms with Crippen molar-refractivity contribution >= 4 is 0 Å². The topological polar surface area (TPSA) is 49.9 Å². The van der Waals surface area contributed by atoms with Crippen molar-refractivity contribution in [3.8, 4) is 0 Å². The van der Waals surface area contributed by atoms with Crippen molar-refractivity contribution in [1.82, 2.24) is 15.5 Å². The lowest BCUT2D eigenvalue weighted by Gasteiger charge is -2.12. The third-order valence-electron chi connectivity index (χ3n) is 2.36. The molecule has 0 spiro atoms. The fraction of sp³-hybridized carbons (Fsp3) is 0.750. The molecule has 0 radical (unpaired) electrons. The van der Waals surface area contributed by atoms with E-state index in [1.54, 1.807) is 6.20 Å². The van der Waals surface area contributed by atoms with Crippen molar-refractivity contribution in [1.29, 1.82) is 0 Å². The summed E-state index contributed by atoms with van der Waals surface area (Å²) in [7, 11) is 0. The van der Waals surface area contributed by atoms with E-state index in [-0.39, 0.29) is 0 Å². The van der Waals surface area contributed by atoms with Crippen LogP contribution in [0.1, 0.15) is 38.9 Å². The fourth-order valence-electron chi connectivity index (χ4n) is 1.43. The zero-order chi connectivity index (χ0) is 11.8. The smallest absolute Gasteiger partial charge is 0.0518 e. The molecule has 92 valence electrons. The summed E-state index contributed by atoms with van der Waals surface area (Å²) in [5.41, 5.74) is 1.13. The van der Waals surface area contributed by atoms with Crippen molar-refractivity contribution in [2.24, 2.45) is 5.92 Å². The van der Waals surface area contributed by atoms with Crippen LogP contribution in [0.3, 0.4) is 0 Å². The molecule has 1 unspecified atom stereocenters. The first-order chi connectivity index (χ1) is 7.70. The standard InChI is InChI=1S/C12H23N3O/c1-10(2)9-16-8-4-6-13-11(3)12-5-7-14-15-12/h5,7,10-11,13H,4,6,8-9H2,1-3H3,(H,14,15). The molecule has 0 fully saturated rings. The normalized spacial score (nSPS) is 13.2. The van der Waals surface area contributed by atoms with E-state index in [4.69, 9.17) is 4.74 Å². The van der Waals surface area contributed by atoms with Crippen molar-refractivity contribution in [2.45, 2.75) is 33.2 Å². The number of aromatic amines is 1. The van der Waals surface area contributed by atoms with Gasteiger partial charge in [-0.25, -0.2) is 0 Å². The van der Waals surface area contributed by atoms with Gasteiger partial charge in [0.1, 0.15) is 0 Å². The Morgan fingerprint density at radius 1 is 1.44 bits per heavy atom. The highest BCUT2D eigenvalue weighted by Crippen LogP contribution is 2.06. The van der Waals surface area contributed by atoms with Crippen LogP contribution in [-0.4, -0.2) is 30.0 Å². The van der Waals surface area contributed by atoms with Crippen LogP contribution in [0.15, 0.2) is 12.3 Å². The van der Waals surface area contributed by atoms with Gasteiger partial charge in [0.25, 0.3) is 0 Å². The predicted molar refractivity (Wildman–Crippen MR) is 65.3 cm³/mol. The average Bonchev–Trinajstić information content (AvgIpc) is 2.75. The molecule has 4 heteroatoms. The van der Waals surface area contributed by atoms with E-state index in [0.29, 0.717) is 12.0 Å². The monoisotopic (exact) mass is 225 g/mol. The van der Waals surface area contributed by atoms with Gasteiger partial charge in [0.15, 0.2) is 0 Å². The molecule has 16 heavy (non-hydrogen) atoms. The number of rotatable bonds is 8. The Morgan fingerprint density at radius 2 is 2.25 bits per heavy atom. The summed E-state index contributed by atoms with van der Waals surface area (Å²) in [4.78, 5) is 0. The Morgan fingerprint density at radius 3 is 2.88 bits per heavy atom. The van der Waals surface area contributed by atoms with E-state index in [9.17, 15) is 0 Å². The van der Waals surface area contributed by atoms with Gasteiger partial charge < -0.3 is 10.1 Å². The van der Waals surface area contributed by atoms with Crippen LogP contribution >= 0.6 is 0 Å². The molecule has 4 nitrogen and oxygen atoms in total. The third kappa shape index (κ3) is 5.28. The molecule has 1 aromatic heterocycles. The lowest BCUT2D eigenvalue weighted by molar-refractivity contribution is 0.107. The highest BCUT2D eigenvalue weighted by Gasteiger charge is 2.04. The number of nitrogens with one attached hydrogen (secondary N) is 2. The number of hydrogen-bond donors (Lipinski definition) is 2. The molecule has 0 aliphatic rings. The highest BCUT2D eigenvalue weighted by atomic mass is 16.5. The third-order valence-corrected chi connectivity index (χ3v) is 2.36. The number of nitrogens with zero attached hydrogens (tertiary/aromatic N) is 1.